The van der Waals surface area contributed by atoms with Crippen LogP contribution in [0.2, 0.25) is 5.15 Å². The standard InChI is InChI=1S/C12H12BrClN2S/c1-12(2,3)8-6-9(14)16-11(15-8)10-7(13)4-5-17-10/h4-6H,1-3H3. The summed E-state index contributed by atoms with van der Waals surface area (Å²) in [6.45, 7) is 6.33. The van der Waals surface area contributed by atoms with Crippen LogP contribution in [0.4, 0.5) is 0 Å². The first-order chi connectivity index (χ1) is 7.88. The molecule has 0 aliphatic rings. The highest BCUT2D eigenvalue weighted by atomic mass is 79.9. The highest BCUT2D eigenvalue weighted by molar-refractivity contribution is 9.10. The maximum atomic E-state index is 6.06. The van der Waals surface area contributed by atoms with Crippen molar-refractivity contribution in [2.24, 2.45) is 0 Å². The highest BCUT2D eigenvalue weighted by Crippen LogP contribution is 2.33. The van der Waals surface area contributed by atoms with Gasteiger partial charge < -0.3 is 0 Å². The predicted octanol–water partition coefficient (Wildman–Crippen LogP) is 4.92. The van der Waals surface area contributed by atoms with Gasteiger partial charge in [-0.1, -0.05) is 32.4 Å². The second-order valence-corrected chi connectivity index (χ2v) is 6.90. The van der Waals surface area contributed by atoms with E-state index in [1.54, 1.807) is 11.3 Å². The Kier molecular flexibility index (Phi) is 3.57. The number of thiophene rings is 1. The molecule has 17 heavy (non-hydrogen) atoms. The van der Waals surface area contributed by atoms with Crippen molar-refractivity contribution >= 4 is 38.9 Å². The third-order valence-electron chi connectivity index (χ3n) is 2.28. The van der Waals surface area contributed by atoms with Crippen LogP contribution in [0.1, 0.15) is 26.5 Å². The lowest BCUT2D eigenvalue weighted by atomic mass is 9.92. The van der Waals surface area contributed by atoms with Crippen molar-refractivity contribution in [2.75, 3.05) is 0 Å². The third kappa shape index (κ3) is 2.87. The molecule has 2 rings (SSSR count). The van der Waals surface area contributed by atoms with Crippen LogP contribution in [-0.4, -0.2) is 9.97 Å². The van der Waals surface area contributed by atoms with Crippen molar-refractivity contribution < 1.29 is 0 Å². The van der Waals surface area contributed by atoms with Crippen molar-refractivity contribution in [3.8, 4) is 10.7 Å². The van der Waals surface area contributed by atoms with Crippen LogP contribution in [0.15, 0.2) is 22.0 Å². The van der Waals surface area contributed by atoms with Crippen LogP contribution in [0.3, 0.4) is 0 Å². The molecule has 0 saturated carbocycles. The predicted molar refractivity (Wildman–Crippen MR) is 76.8 cm³/mol. The fraction of sp³-hybridized carbons (Fsp3) is 0.333. The van der Waals surface area contributed by atoms with Crippen LogP contribution in [0, 0.1) is 0 Å². The number of hydrogen-bond acceptors (Lipinski definition) is 3. The summed E-state index contributed by atoms with van der Waals surface area (Å²) in [6, 6.07) is 3.81. The van der Waals surface area contributed by atoms with Gasteiger partial charge in [-0.05, 0) is 33.4 Å². The van der Waals surface area contributed by atoms with Crippen molar-refractivity contribution in [1.29, 1.82) is 0 Å². The summed E-state index contributed by atoms with van der Waals surface area (Å²) in [5, 5.41) is 2.49. The summed E-state index contributed by atoms with van der Waals surface area (Å²) in [4.78, 5) is 9.89. The molecular formula is C12H12BrClN2S. The Bertz CT molecular complexity index is 546. The topological polar surface area (TPSA) is 25.8 Å². The average Bonchev–Trinajstić information content (AvgIpc) is 2.62. The van der Waals surface area contributed by atoms with Gasteiger partial charge in [0.05, 0.1) is 10.6 Å². The Hall–Kier alpha value is -0.450. The molecule has 0 fully saturated rings. The quantitative estimate of drug-likeness (QED) is 0.693. The molecule has 0 unspecified atom stereocenters. The second-order valence-electron chi connectivity index (χ2n) is 4.75. The Morgan fingerprint density at radius 2 is 2.00 bits per heavy atom. The first-order valence-corrected chi connectivity index (χ1v) is 7.21. The molecule has 5 heteroatoms. The molecule has 90 valence electrons. The van der Waals surface area contributed by atoms with Crippen LogP contribution in [0.25, 0.3) is 10.7 Å². The van der Waals surface area contributed by atoms with Crippen LogP contribution in [-0.2, 0) is 5.41 Å². The van der Waals surface area contributed by atoms with Crippen molar-refractivity contribution in [2.45, 2.75) is 26.2 Å². The van der Waals surface area contributed by atoms with Crippen molar-refractivity contribution in [3.05, 3.63) is 32.8 Å². The molecule has 2 heterocycles. The van der Waals surface area contributed by atoms with Crippen LogP contribution >= 0.6 is 38.9 Å². The summed E-state index contributed by atoms with van der Waals surface area (Å²) in [7, 11) is 0. The molecule has 2 nitrogen and oxygen atoms in total. The minimum absolute atomic E-state index is 0.0366. The molecule has 0 atom stereocenters. The van der Waals surface area contributed by atoms with E-state index in [0.717, 1.165) is 15.0 Å². The summed E-state index contributed by atoms with van der Waals surface area (Å²) in [5.41, 5.74) is 0.915. The van der Waals surface area contributed by atoms with Gasteiger partial charge in [-0.2, -0.15) is 0 Å². The third-order valence-corrected chi connectivity index (χ3v) is 4.31. The Morgan fingerprint density at radius 1 is 1.29 bits per heavy atom. The second kappa shape index (κ2) is 4.67. The highest BCUT2D eigenvalue weighted by Gasteiger charge is 2.19. The summed E-state index contributed by atoms with van der Waals surface area (Å²) in [6.07, 6.45) is 0. The largest absolute Gasteiger partial charge is 0.232 e. The summed E-state index contributed by atoms with van der Waals surface area (Å²) < 4.78 is 1.00. The zero-order valence-corrected chi connectivity index (χ0v) is 12.9. The molecule has 0 aliphatic heterocycles. The average molecular weight is 332 g/mol. The summed E-state index contributed by atoms with van der Waals surface area (Å²) in [5.74, 6) is 0.685. The minimum Gasteiger partial charge on any atom is -0.232 e. The van der Waals surface area contributed by atoms with Gasteiger partial charge in [0.1, 0.15) is 5.15 Å². The lowest BCUT2D eigenvalue weighted by Crippen LogP contribution is -2.14. The lowest BCUT2D eigenvalue weighted by molar-refractivity contribution is 0.568. The fourth-order valence-corrected chi connectivity index (χ4v) is 3.02. The lowest BCUT2D eigenvalue weighted by Gasteiger charge is -2.18. The first-order valence-electron chi connectivity index (χ1n) is 5.16. The zero-order chi connectivity index (χ0) is 12.6. The van der Waals surface area contributed by atoms with Gasteiger partial charge >= 0.3 is 0 Å². The molecule has 0 amide bonds. The monoisotopic (exact) mass is 330 g/mol. The molecular weight excluding hydrogens is 320 g/mol. The van der Waals surface area contributed by atoms with Gasteiger partial charge in [0.2, 0.25) is 0 Å². The fourth-order valence-electron chi connectivity index (χ4n) is 1.36. The van der Waals surface area contributed by atoms with E-state index in [4.69, 9.17) is 11.6 Å². The smallest absolute Gasteiger partial charge is 0.172 e. The van der Waals surface area contributed by atoms with Crippen molar-refractivity contribution in [1.82, 2.24) is 9.97 Å². The molecule has 0 aliphatic carbocycles. The van der Waals surface area contributed by atoms with Gasteiger partial charge in [0.15, 0.2) is 5.82 Å². The van der Waals surface area contributed by atoms with Crippen LogP contribution < -0.4 is 0 Å². The number of rotatable bonds is 1. The van der Waals surface area contributed by atoms with E-state index in [2.05, 4.69) is 46.7 Å². The van der Waals surface area contributed by atoms with E-state index in [9.17, 15) is 0 Å². The van der Waals surface area contributed by atoms with Crippen LogP contribution in [0.5, 0.6) is 0 Å². The Morgan fingerprint density at radius 3 is 2.53 bits per heavy atom. The number of aromatic nitrogens is 2. The molecule has 0 radical (unpaired) electrons. The first kappa shape index (κ1) is 13.0. The minimum atomic E-state index is -0.0366. The van der Waals surface area contributed by atoms with Gasteiger partial charge in [-0.25, -0.2) is 9.97 Å². The number of hydrogen-bond donors (Lipinski definition) is 0. The molecule has 2 aromatic heterocycles. The van der Waals surface area contributed by atoms with Gasteiger partial charge in [-0.3, -0.25) is 0 Å². The maximum Gasteiger partial charge on any atom is 0.172 e. The molecule has 0 aromatic carbocycles. The SMILES string of the molecule is CC(C)(C)c1cc(Cl)nc(-c2sccc2Br)n1. The number of nitrogens with zero attached hydrogens (tertiary/aromatic N) is 2. The van der Waals surface area contributed by atoms with E-state index in [1.807, 2.05) is 17.5 Å². The molecule has 0 spiro atoms. The Balaban J connectivity index is 2.57. The zero-order valence-electron chi connectivity index (χ0n) is 9.79. The molecule has 2 aromatic rings. The van der Waals surface area contributed by atoms with E-state index in [1.165, 1.54) is 0 Å². The normalized spacial score (nSPS) is 11.8. The van der Waals surface area contributed by atoms with E-state index in [-0.39, 0.29) is 5.41 Å². The van der Waals surface area contributed by atoms with Gasteiger partial charge in [-0.15, -0.1) is 11.3 Å². The van der Waals surface area contributed by atoms with Crippen molar-refractivity contribution in [3.63, 3.8) is 0 Å². The Labute approximate surface area is 118 Å². The van der Waals surface area contributed by atoms with E-state index >= 15 is 0 Å². The number of halogens is 2. The van der Waals surface area contributed by atoms with E-state index in [0.29, 0.717) is 11.0 Å². The maximum absolute atomic E-state index is 6.06. The summed E-state index contributed by atoms with van der Waals surface area (Å²) >= 11 is 11.2. The van der Waals surface area contributed by atoms with Gasteiger partial charge in [0, 0.05) is 9.89 Å². The molecule has 0 saturated heterocycles. The van der Waals surface area contributed by atoms with E-state index < -0.39 is 0 Å². The van der Waals surface area contributed by atoms with Gasteiger partial charge in [0.25, 0.3) is 0 Å². The molecule has 0 bridgehead atoms. The molecule has 0 N–H and O–H groups in total.